The molecule has 2 rings (SSSR count). The van der Waals surface area contributed by atoms with Gasteiger partial charge < -0.3 is 15.4 Å². The molecule has 0 unspecified atom stereocenters. The van der Waals surface area contributed by atoms with Gasteiger partial charge in [-0.2, -0.15) is 0 Å². The van der Waals surface area contributed by atoms with Crippen molar-refractivity contribution >= 4 is 0 Å². The lowest BCUT2D eigenvalue weighted by atomic mass is 10.1. The number of hydrogen-bond donors (Lipinski definition) is 2. The molecule has 2 N–H and O–H groups in total. The average molecular weight is 192 g/mol. The number of ether oxygens (including phenoxy) is 1. The standard InChI is InChI=1S/C11H16N2O/c1-14-10-4-2-9(3-5-10)11-8-12-6-7-13-11/h2-5,11-13H,6-8H2,1H3/t11-/m0/s1. The van der Waals surface area contributed by atoms with E-state index in [9.17, 15) is 0 Å². The Morgan fingerprint density at radius 1 is 1.21 bits per heavy atom. The number of hydrogen-bond acceptors (Lipinski definition) is 3. The first-order valence-corrected chi connectivity index (χ1v) is 4.98. The van der Waals surface area contributed by atoms with Crippen molar-refractivity contribution in [2.24, 2.45) is 0 Å². The summed E-state index contributed by atoms with van der Waals surface area (Å²) in [7, 11) is 1.69. The zero-order valence-corrected chi connectivity index (χ0v) is 8.42. The van der Waals surface area contributed by atoms with E-state index in [2.05, 4.69) is 22.8 Å². The van der Waals surface area contributed by atoms with Gasteiger partial charge in [-0.15, -0.1) is 0 Å². The minimum atomic E-state index is 0.439. The SMILES string of the molecule is COc1ccc([C@@H]2CNCCN2)cc1. The molecule has 1 aliphatic rings. The van der Waals surface area contributed by atoms with Crippen LogP contribution in [0.2, 0.25) is 0 Å². The molecular weight excluding hydrogens is 176 g/mol. The topological polar surface area (TPSA) is 33.3 Å². The molecular formula is C11H16N2O. The van der Waals surface area contributed by atoms with Gasteiger partial charge in [0, 0.05) is 25.7 Å². The molecule has 1 aliphatic heterocycles. The highest BCUT2D eigenvalue weighted by atomic mass is 16.5. The van der Waals surface area contributed by atoms with E-state index in [1.54, 1.807) is 7.11 Å². The van der Waals surface area contributed by atoms with Crippen molar-refractivity contribution in [3.63, 3.8) is 0 Å². The van der Waals surface area contributed by atoms with Crippen molar-refractivity contribution in [3.8, 4) is 5.75 Å². The number of benzene rings is 1. The van der Waals surface area contributed by atoms with Crippen LogP contribution in [0.4, 0.5) is 0 Å². The van der Waals surface area contributed by atoms with Crippen LogP contribution in [0.15, 0.2) is 24.3 Å². The van der Waals surface area contributed by atoms with E-state index in [0.29, 0.717) is 6.04 Å². The van der Waals surface area contributed by atoms with Gasteiger partial charge in [0.1, 0.15) is 5.75 Å². The average Bonchev–Trinajstić information content (AvgIpc) is 2.30. The molecule has 14 heavy (non-hydrogen) atoms. The summed E-state index contributed by atoms with van der Waals surface area (Å²) in [6.07, 6.45) is 0. The smallest absolute Gasteiger partial charge is 0.118 e. The Morgan fingerprint density at radius 3 is 2.57 bits per heavy atom. The van der Waals surface area contributed by atoms with Gasteiger partial charge in [0.2, 0.25) is 0 Å². The molecule has 1 aromatic carbocycles. The first-order chi connectivity index (χ1) is 6.90. The van der Waals surface area contributed by atoms with Crippen molar-refractivity contribution in [1.82, 2.24) is 10.6 Å². The van der Waals surface area contributed by atoms with Crippen LogP contribution in [0.1, 0.15) is 11.6 Å². The fraction of sp³-hybridized carbons (Fsp3) is 0.455. The Kier molecular flexibility index (Phi) is 3.01. The van der Waals surface area contributed by atoms with Gasteiger partial charge in [0.15, 0.2) is 0 Å². The second-order valence-corrected chi connectivity index (χ2v) is 3.48. The van der Waals surface area contributed by atoms with Crippen LogP contribution in [-0.2, 0) is 0 Å². The Balaban J connectivity index is 2.07. The molecule has 0 aromatic heterocycles. The van der Waals surface area contributed by atoms with Crippen LogP contribution in [0.25, 0.3) is 0 Å². The molecule has 0 amide bonds. The fourth-order valence-corrected chi connectivity index (χ4v) is 1.73. The quantitative estimate of drug-likeness (QED) is 0.731. The van der Waals surface area contributed by atoms with Crippen molar-refractivity contribution < 1.29 is 4.74 Å². The maximum atomic E-state index is 5.12. The first-order valence-electron chi connectivity index (χ1n) is 4.98. The molecule has 1 saturated heterocycles. The molecule has 1 atom stereocenters. The summed E-state index contributed by atoms with van der Waals surface area (Å²) in [5, 5.41) is 6.84. The number of rotatable bonds is 2. The Labute approximate surface area is 84.5 Å². The van der Waals surface area contributed by atoms with E-state index in [1.165, 1.54) is 5.56 Å². The highest BCUT2D eigenvalue weighted by molar-refractivity contribution is 5.29. The highest BCUT2D eigenvalue weighted by Crippen LogP contribution is 2.17. The van der Waals surface area contributed by atoms with Gasteiger partial charge in [-0.1, -0.05) is 12.1 Å². The van der Waals surface area contributed by atoms with E-state index in [-0.39, 0.29) is 0 Å². The number of methoxy groups -OCH3 is 1. The summed E-state index contributed by atoms with van der Waals surface area (Å²) in [5.74, 6) is 0.914. The lowest BCUT2D eigenvalue weighted by Crippen LogP contribution is -2.42. The molecule has 3 heteroatoms. The summed E-state index contributed by atoms with van der Waals surface area (Å²) < 4.78 is 5.12. The molecule has 3 nitrogen and oxygen atoms in total. The minimum Gasteiger partial charge on any atom is -0.497 e. The van der Waals surface area contributed by atoms with Crippen molar-refractivity contribution in [1.29, 1.82) is 0 Å². The van der Waals surface area contributed by atoms with Crippen LogP contribution in [0.5, 0.6) is 5.75 Å². The lowest BCUT2D eigenvalue weighted by molar-refractivity contribution is 0.412. The minimum absolute atomic E-state index is 0.439. The van der Waals surface area contributed by atoms with Gasteiger partial charge in [0.25, 0.3) is 0 Å². The van der Waals surface area contributed by atoms with Gasteiger partial charge in [-0.3, -0.25) is 0 Å². The Bertz CT molecular complexity index is 278. The second kappa shape index (κ2) is 4.44. The fourth-order valence-electron chi connectivity index (χ4n) is 1.73. The van der Waals surface area contributed by atoms with E-state index in [1.807, 2.05) is 12.1 Å². The number of nitrogens with one attached hydrogen (secondary N) is 2. The Morgan fingerprint density at radius 2 is 2.00 bits per heavy atom. The first kappa shape index (κ1) is 9.49. The maximum Gasteiger partial charge on any atom is 0.118 e. The van der Waals surface area contributed by atoms with Gasteiger partial charge in [-0.25, -0.2) is 0 Å². The predicted octanol–water partition coefficient (Wildman–Crippen LogP) is 0.929. The molecule has 0 aliphatic carbocycles. The van der Waals surface area contributed by atoms with Crippen LogP contribution >= 0.6 is 0 Å². The molecule has 0 bridgehead atoms. The highest BCUT2D eigenvalue weighted by Gasteiger charge is 2.13. The summed E-state index contributed by atoms with van der Waals surface area (Å²) >= 11 is 0. The number of piperazine rings is 1. The summed E-state index contributed by atoms with van der Waals surface area (Å²) in [4.78, 5) is 0. The van der Waals surface area contributed by atoms with Crippen LogP contribution in [0.3, 0.4) is 0 Å². The molecule has 1 heterocycles. The summed E-state index contributed by atoms with van der Waals surface area (Å²) in [6, 6.07) is 8.68. The molecule has 1 aromatic rings. The monoisotopic (exact) mass is 192 g/mol. The van der Waals surface area contributed by atoms with E-state index in [4.69, 9.17) is 4.74 Å². The predicted molar refractivity (Wildman–Crippen MR) is 56.6 cm³/mol. The van der Waals surface area contributed by atoms with E-state index >= 15 is 0 Å². The zero-order valence-electron chi connectivity index (χ0n) is 8.42. The second-order valence-electron chi connectivity index (χ2n) is 3.48. The molecule has 0 saturated carbocycles. The van der Waals surface area contributed by atoms with E-state index < -0.39 is 0 Å². The van der Waals surface area contributed by atoms with Crippen molar-refractivity contribution in [2.75, 3.05) is 26.7 Å². The third-order valence-corrected chi connectivity index (χ3v) is 2.56. The van der Waals surface area contributed by atoms with Crippen LogP contribution in [0, 0.1) is 0 Å². The van der Waals surface area contributed by atoms with Gasteiger partial charge in [-0.05, 0) is 17.7 Å². The zero-order chi connectivity index (χ0) is 9.80. The molecule has 1 fully saturated rings. The largest absolute Gasteiger partial charge is 0.497 e. The Hall–Kier alpha value is -1.06. The molecule has 76 valence electrons. The third kappa shape index (κ3) is 2.05. The van der Waals surface area contributed by atoms with Gasteiger partial charge >= 0.3 is 0 Å². The molecule has 0 radical (unpaired) electrons. The van der Waals surface area contributed by atoms with E-state index in [0.717, 1.165) is 25.4 Å². The summed E-state index contributed by atoms with van der Waals surface area (Å²) in [6.45, 7) is 3.11. The van der Waals surface area contributed by atoms with Crippen LogP contribution < -0.4 is 15.4 Å². The molecule has 0 spiro atoms. The third-order valence-electron chi connectivity index (χ3n) is 2.56. The van der Waals surface area contributed by atoms with Crippen molar-refractivity contribution in [2.45, 2.75) is 6.04 Å². The summed E-state index contributed by atoms with van der Waals surface area (Å²) in [5.41, 5.74) is 1.32. The maximum absolute atomic E-state index is 5.12. The lowest BCUT2D eigenvalue weighted by Gasteiger charge is -2.24. The van der Waals surface area contributed by atoms with Crippen molar-refractivity contribution in [3.05, 3.63) is 29.8 Å². The van der Waals surface area contributed by atoms with Crippen LogP contribution in [-0.4, -0.2) is 26.7 Å². The normalized spacial score (nSPS) is 21.9. The van der Waals surface area contributed by atoms with Gasteiger partial charge in [0.05, 0.1) is 7.11 Å².